The molecule has 0 heterocycles. The van der Waals surface area contributed by atoms with Gasteiger partial charge < -0.3 is 5.11 Å². The van der Waals surface area contributed by atoms with Crippen LogP contribution in [0.4, 0.5) is 0 Å². The van der Waals surface area contributed by atoms with Gasteiger partial charge in [0.1, 0.15) is 0 Å². The van der Waals surface area contributed by atoms with E-state index in [9.17, 15) is 9.90 Å². The van der Waals surface area contributed by atoms with E-state index in [4.69, 9.17) is 0 Å². The number of carboxylic acid groups (broad SMARTS) is 1. The fraction of sp³-hybridized carbons (Fsp3) is 0.941. The van der Waals surface area contributed by atoms with Crippen LogP contribution in [0.3, 0.4) is 0 Å². The van der Waals surface area contributed by atoms with E-state index in [1.54, 1.807) is 0 Å². The molecule has 0 aromatic heterocycles. The zero-order valence-corrected chi connectivity index (χ0v) is 13.8. The van der Waals surface area contributed by atoms with Crippen molar-refractivity contribution in [2.24, 2.45) is 11.8 Å². The second-order valence-electron chi connectivity index (χ2n) is 6.71. The summed E-state index contributed by atoms with van der Waals surface area (Å²) in [7, 11) is 0. The highest BCUT2D eigenvalue weighted by Gasteiger charge is 2.36. The Hall–Kier alpha value is -0.570. The average molecular weight is 283 g/mol. The molecule has 0 aromatic carbocycles. The van der Waals surface area contributed by atoms with E-state index in [1.165, 1.54) is 12.8 Å². The molecule has 0 spiro atoms. The second-order valence-corrected chi connectivity index (χ2v) is 6.71. The highest BCUT2D eigenvalue weighted by Crippen LogP contribution is 2.31. The molecule has 1 N–H and O–H groups in total. The van der Waals surface area contributed by atoms with Gasteiger partial charge in [0.25, 0.3) is 0 Å². The molecule has 3 nitrogen and oxygen atoms in total. The molecule has 1 aliphatic rings. The lowest BCUT2D eigenvalue weighted by molar-refractivity contribution is -0.145. The summed E-state index contributed by atoms with van der Waals surface area (Å²) in [5.41, 5.74) is 0. The highest BCUT2D eigenvalue weighted by molar-refractivity contribution is 5.71. The zero-order valence-electron chi connectivity index (χ0n) is 13.8. The van der Waals surface area contributed by atoms with Gasteiger partial charge in [-0.1, -0.05) is 47.0 Å². The third kappa shape index (κ3) is 4.76. The van der Waals surface area contributed by atoms with E-state index < -0.39 is 5.97 Å². The summed E-state index contributed by atoms with van der Waals surface area (Å²) in [6.45, 7) is 9.96. The maximum Gasteiger partial charge on any atom is 0.308 e. The lowest BCUT2D eigenvalue weighted by Crippen LogP contribution is -2.49. The van der Waals surface area contributed by atoms with Gasteiger partial charge in [-0.3, -0.25) is 9.69 Å². The smallest absolute Gasteiger partial charge is 0.308 e. The van der Waals surface area contributed by atoms with E-state index in [0.717, 1.165) is 38.6 Å². The van der Waals surface area contributed by atoms with Gasteiger partial charge in [-0.2, -0.15) is 0 Å². The number of carboxylic acids is 1. The van der Waals surface area contributed by atoms with Crippen molar-refractivity contribution in [3.05, 3.63) is 0 Å². The fourth-order valence-corrected chi connectivity index (χ4v) is 3.71. The topological polar surface area (TPSA) is 40.5 Å². The predicted molar refractivity (Wildman–Crippen MR) is 83.9 cm³/mol. The molecule has 118 valence electrons. The summed E-state index contributed by atoms with van der Waals surface area (Å²) >= 11 is 0. The molecule has 3 heteroatoms. The zero-order chi connectivity index (χ0) is 15.1. The van der Waals surface area contributed by atoms with Gasteiger partial charge in [-0.05, 0) is 31.6 Å². The molecule has 1 rings (SSSR count). The largest absolute Gasteiger partial charge is 0.481 e. The normalized spacial score (nSPS) is 24.4. The van der Waals surface area contributed by atoms with Crippen molar-refractivity contribution in [3.8, 4) is 0 Å². The summed E-state index contributed by atoms with van der Waals surface area (Å²) in [4.78, 5) is 14.2. The number of nitrogens with zero attached hydrogens (tertiary/aromatic N) is 1. The molecular weight excluding hydrogens is 250 g/mol. The van der Waals surface area contributed by atoms with Gasteiger partial charge in [0.15, 0.2) is 0 Å². The molecule has 0 saturated heterocycles. The van der Waals surface area contributed by atoms with Crippen LogP contribution in [0.15, 0.2) is 0 Å². The van der Waals surface area contributed by atoms with E-state index >= 15 is 0 Å². The van der Waals surface area contributed by atoms with E-state index in [1.807, 2.05) is 0 Å². The lowest BCUT2D eigenvalue weighted by atomic mass is 9.90. The van der Waals surface area contributed by atoms with E-state index in [0.29, 0.717) is 12.0 Å². The summed E-state index contributed by atoms with van der Waals surface area (Å²) in [5.74, 6) is -0.165. The SMILES string of the molecule is CCC(CC)N(CC(C)C)C1CCCCCC1C(=O)O. The van der Waals surface area contributed by atoms with Crippen LogP contribution in [0.5, 0.6) is 0 Å². The molecule has 2 atom stereocenters. The Balaban J connectivity index is 2.96. The van der Waals surface area contributed by atoms with Gasteiger partial charge in [0.2, 0.25) is 0 Å². The fourth-order valence-electron chi connectivity index (χ4n) is 3.71. The maximum atomic E-state index is 11.7. The summed E-state index contributed by atoms with van der Waals surface area (Å²) in [6.07, 6.45) is 7.60. The first-order valence-electron chi connectivity index (χ1n) is 8.49. The first-order chi connectivity index (χ1) is 9.51. The number of hydrogen-bond donors (Lipinski definition) is 1. The first-order valence-corrected chi connectivity index (χ1v) is 8.49. The summed E-state index contributed by atoms with van der Waals surface area (Å²) in [6, 6.07) is 0.768. The van der Waals surface area contributed by atoms with Crippen LogP contribution in [0.1, 0.15) is 72.6 Å². The van der Waals surface area contributed by atoms with Crippen LogP contribution >= 0.6 is 0 Å². The minimum Gasteiger partial charge on any atom is -0.481 e. The molecule has 1 fully saturated rings. The van der Waals surface area contributed by atoms with Crippen molar-refractivity contribution in [2.45, 2.75) is 84.7 Å². The quantitative estimate of drug-likeness (QED) is 0.713. The Labute approximate surface area is 124 Å². The van der Waals surface area contributed by atoms with Crippen LogP contribution in [-0.4, -0.2) is 34.6 Å². The molecule has 0 amide bonds. The first kappa shape index (κ1) is 17.5. The molecule has 2 unspecified atom stereocenters. The van der Waals surface area contributed by atoms with Crippen molar-refractivity contribution in [1.29, 1.82) is 0 Å². The van der Waals surface area contributed by atoms with Gasteiger partial charge in [-0.15, -0.1) is 0 Å². The van der Waals surface area contributed by atoms with Gasteiger partial charge in [0, 0.05) is 18.6 Å². The monoisotopic (exact) mass is 283 g/mol. The summed E-state index contributed by atoms with van der Waals surface area (Å²) < 4.78 is 0. The number of hydrogen-bond acceptors (Lipinski definition) is 2. The number of carbonyl (C=O) groups is 1. The number of rotatable bonds is 7. The molecule has 0 aromatic rings. The van der Waals surface area contributed by atoms with E-state index in [2.05, 4.69) is 32.6 Å². The second kappa shape index (κ2) is 8.66. The molecule has 0 bridgehead atoms. The van der Waals surface area contributed by atoms with Crippen LogP contribution in [0.25, 0.3) is 0 Å². The molecule has 1 aliphatic carbocycles. The van der Waals surface area contributed by atoms with Gasteiger partial charge in [0.05, 0.1) is 5.92 Å². The van der Waals surface area contributed by atoms with Crippen molar-refractivity contribution in [3.63, 3.8) is 0 Å². The minimum atomic E-state index is -0.586. The van der Waals surface area contributed by atoms with Crippen molar-refractivity contribution < 1.29 is 9.90 Å². The maximum absolute atomic E-state index is 11.7. The van der Waals surface area contributed by atoms with Crippen molar-refractivity contribution in [2.75, 3.05) is 6.54 Å². The van der Waals surface area contributed by atoms with Crippen molar-refractivity contribution >= 4 is 5.97 Å². The van der Waals surface area contributed by atoms with Crippen LogP contribution in [0, 0.1) is 11.8 Å². The third-order valence-corrected chi connectivity index (χ3v) is 4.71. The Morgan fingerprint density at radius 2 is 1.75 bits per heavy atom. The van der Waals surface area contributed by atoms with Gasteiger partial charge in [-0.25, -0.2) is 0 Å². The van der Waals surface area contributed by atoms with Crippen molar-refractivity contribution in [1.82, 2.24) is 4.90 Å². The van der Waals surface area contributed by atoms with Crippen LogP contribution < -0.4 is 0 Å². The molecular formula is C17H33NO2. The third-order valence-electron chi connectivity index (χ3n) is 4.71. The van der Waals surface area contributed by atoms with Gasteiger partial charge >= 0.3 is 5.97 Å². The Morgan fingerprint density at radius 3 is 2.25 bits per heavy atom. The lowest BCUT2D eigenvalue weighted by Gasteiger charge is -2.41. The molecule has 1 saturated carbocycles. The Bertz CT molecular complexity index is 287. The Kier molecular flexibility index (Phi) is 7.57. The molecule has 20 heavy (non-hydrogen) atoms. The Morgan fingerprint density at radius 1 is 1.15 bits per heavy atom. The van der Waals surface area contributed by atoms with E-state index in [-0.39, 0.29) is 12.0 Å². The van der Waals surface area contributed by atoms with Crippen LogP contribution in [0.2, 0.25) is 0 Å². The average Bonchev–Trinajstić information content (AvgIpc) is 2.63. The van der Waals surface area contributed by atoms with Crippen LogP contribution in [-0.2, 0) is 4.79 Å². The summed E-state index contributed by atoms with van der Waals surface area (Å²) in [5, 5.41) is 9.62. The molecule has 0 radical (unpaired) electrons. The standard InChI is InChI=1S/C17H33NO2/c1-5-14(6-2)18(12-13(3)4)16-11-9-7-8-10-15(16)17(19)20/h13-16H,5-12H2,1-4H3,(H,19,20). The molecule has 0 aliphatic heterocycles. The number of aliphatic carboxylic acids is 1. The predicted octanol–water partition coefficient (Wildman–Crippen LogP) is 4.17. The minimum absolute atomic E-state index is 0.170. The highest BCUT2D eigenvalue weighted by atomic mass is 16.4.